The van der Waals surface area contributed by atoms with Crippen LogP contribution in [0.2, 0.25) is 0 Å². The van der Waals surface area contributed by atoms with E-state index in [4.69, 9.17) is 0 Å². The molecule has 0 aliphatic carbocycles. The second kappa shape index (κ2) is 16.2. The molecule has 4 heteroatoms. The summed E-state index contributed by atoms with van der Waals surface area (Å²) in [5.74, 6) is 3.36. The fourth-order valence-electron chi connectivity index (χ4n) is 2.09. The molecule has 0 rings (SSSR count). The molecule has 0 aromatic carbocycles. The van der Waals surface area contributed by atoms with Gasteiger partial charge in [-0.1, -0.05) is 40.5 Å². The lowest BCUT2D eigenvalue weighted by Crippen LogP contribution is -1.95. The van der Waals surface area contributed by atoms with Crippen LogP contribution in [0.15, 0.2) is 0 Å². The summed E-state index contributed by atoms with van der Waals surface area (Å²) in [6, 6.07) is 0. The van der Waals surface area contributed by atoms with Gasteiger partial charge in [-0.15, -0.1) is 49.8 Å². The average Bonchev–Trinajstić information content (AvgIpc) is 2.15. The largest absolute Gasteiger partial charge is 0.114 e. The van der Waals surface area contributed by atoms with Gasteiger partial charge in [0.15, 0.2) is 0 Å². The van der Waals surface area contributed by atoms with Crippen LogP contribution in [0, 0.1) is 11.8 Å². The second-order valence-corrected chi connectivity index (χ2v) is 11.8. The molecule has 0 aliphatic heterocycles. The Labute approximate surface area is 146 Å². The Bertz CT molecular complexity index is 158. The first-order valence-electron chi connectivity index (χ1n) is 7.29. The Morgan fingerprint density at radius 2 is 1.00 bits per heavy atom. The van der Waals surface area contributed by atoms with E-state index in [9.17, 15) is 0 Å². The molecule has 0 aliphatic rings. The third-order valence-electron chi connectivity index (χ3n) is 3.13. The van der Waals surface area contributed by atoms with Gasteiger partial charge in [-0.05, 0) is 56.2 Å². The molecule has 0 saturated carbocycles. The van der Waals surface area contributed by atoms with E-state index >= 15 is 0 Å². The van der Waals surface area contributed by atoms with Crippen LogP contribution in [0.5, 0.6) is 0 Å². The predicted molar refractivity (Wildman–Crippen MR) is 109 cm³/mol. The van der Waals surface area contributed by atoms with Crippen molar-refractivity contribution in [2.75, 3.05) is 31.6 Å². The highest BCUT2D eigenvalue weighted by Crippen LogP contribution is 2.47. The molecule has 0 radical (unpaired) electrons. The molecular formula is C15H36Br2P2. The number of halogens is 2. The minimum absolute atomic E-state index is 0. The fraction of sp³-hybridized carbons (Fsp3) is 1.00. The number of rotatable bonds is 10. The molecule has 120 valence electrons. The standard InChI is InChI=1S/C15H34P2.2BrH/c1-14(2)9-7-11-16(5)13-17(6)12-8-10-15(3)4;;/h14-15H,7-13H2,1-6H3;2*1H. The molecule has 0 aromatic rings. The summed E-state index contributed by atoms with van der Waals surface area (Å²) in [5.41, 5.74) is 0. The van der Waals surface area contributed by atoms with E-state index in [0.717, 1.165) is 11.8 Å². The van der Waals surface area contributed by atoms with Crippen molar-refractivity contribution in [2.45, 2.75) is 53.4 Å². The summed E-state index contributed by atoms with van der Waals surface area (Å²) in [4.78, 5) is 0. The van der Waals surface area contributed by atoms with Crippen LogP contribution < -0.4 is 0 Å². The van der Waals surface area contributed by atoms with Gasteiger partial charge in [0.05, 0.1) is 0 Å². The van der Waals surface area contributed by atoms with Gasteiger partial charge >= 0.3 is 0 Å². The monoisotopic (exact) mass is 436 g/mol. The molecule has 2 unspecified atom stereocenters. The maximum atomic E-state index is 2.52. The second-order valence-electron chi connectivity index (χ2n) is 6.37. The summed E-state index contributed by atoms with van der Waals surface area (Å²) in [6.45, 7) is 14.4. The van der Waals surface area contributed by atoms with Gasteiger partial charge in [-0.2, -0.15) is 0 Å². The minimum Gasteiger partial charge on any atom is -0.114 e. The topological polar surface area (TPSA) is 0 Å². The zero-order chi connectivity index (χ0) is 13.3. The molecule has 0 spiro atoms. The maximum absolute atomic E-state index is 2.52. The van der Waals surface area contributed by atoms with E-state index < -0.39 is 0 Å². The van der Waals surface area contributed by atoms with Crippen molar-refractivity contribution < 1.29 is 0 Å². The van der Waals surface area contributed by atoms with Crippen molar-refractivity contribution in [3.05, 3.63) is 0 Å². The molecule has 2 atom stereocenters. The molecule has 0 N–H and O–H groups in total. The molecular weight excluding hydrogens is 402 g/mol. The zero-order valence-electron chi connectivity index (χ0n) is 13.8. The number of hydrogen-bond acceptors (Lipinski definition) is 0. The predicted octanol–water partition coefficient (Wildman–Crippen LogP) is 7.20. The van der Waals surface area contributed by atoms with E-state index in [1.165, 1.54) is 38.0 Å². The van der Waals surface area contributed by atoms with Crippen molar-refractivity contribution in [1.29, 1.82) is 0 Å². The normalized spacial score (nSPS) is 13.9. The molecule has 0 fully saturated rings. The molecule has 0 amide bonds. The van der Waals surface area contributed by atoms with Crippen LogP contribution in [0.25, 0.3) is 0 Å². The van der Waals surface area contributed by atoms with Crippen molar-refractivity contribution in [1.82, 2.24) is 0 Å². The Kier molecular flexibility index (Phi) is 22.0. The summed E-state index contributed by atoms with van der Waals surface area (Å²) < 4.78 is 0. The van der Waals surface area contributed by atoms with Gasteiger partial charge in [0, 0.05) is 0 Å². The first-order chi connectivity index (χ1) is 7.91. The lowest BCUT2D eigenvalue weighted by atomic mass is 10.1. The Morgan fingerprint density at radius 3 is 1.26 bits per heavy atom. The lowest BCUT2D eigenvalue weighted by molar-refractivity contribution is 0.578. The first-order valence-corrected chi connectivity index (χ1v) is 11.6. The molecule has 0 nitrogen and oxygen atoms in total. The van der Waals surface area contributed by atoms with Gasteiger partial charge in [-0.25, -0.2) is 0 Å². The smallest absolute Gasteiger partial charge is 0.0125 e. The zero-order valence-corrected chi connectivity index (χ0v) is 19.0. The molecule has 0 saturated heterocycles. The van der Waals surface area contributed by atoms with Crippen LogP contribution in [0.1, 0.15) is 53.4 Å². The highest BCUT2D eigenvalue weighted by molar-refractivity contribution is 8.93. The van der Waals surface area contributed by atoms with Gasteiger partial charge in [0.1, 0.15) is 0 Å². The summed E-state index contributed by atoms with van der Waals surface area (Å²) >= 11 is 0. The number of hydrogen-bond donors (Lipinski definition) is 0. The van der Waals surface area contributed by atoms with Gasteiger partial charge in [0.25, 0.3) is 0 Å². The summed E-state index contributed by atoms with van der Waals surface area (Å²) in [7, 11) is 0.693. The third kappa shape index (κ3) is 19.8. The van der Waals surface area contributed by atoms with Crippen LogP contribution in [-0.2, 0) is 0 Å². The highest BCUT2D eigenvalue weighted by Gasteiger charge is 2.08. The van der Waals surface area contributed by atoms with Gasteiger partial charge in [0.2, 0.25) is 0 Å². The highest BCUT2D eigenvalue weighted by atomic mass is 79.9. The summed E-state index contributed by atoms with van der Waals surface area (Å²) in [5, 5.41) is 0. The van der Waals surface area contributed by atoms with Crippen LogP contribution >= 0.6 is 49.8 Å². The van der Waals surface area contributed by atoms with Crippen LogP contribution in [-0.4, -0.2) is 31.6 Å². The van der Waals surface area contributed by atoms with E-state index in [1.807, 2.05) is 0 Å². The van der Waals surface area contributed by atoms with Crippen LogP contribution in [0.3, 0.4) is 0 Å². The van der Waals surface area contributed by atoms with E-state index in [1.54, 1.807) is 5.90 Å². The van der Waals surface area contributed by atoms with E-state index in [2.05, 4.69) is 41.0 Å². The van der Waals surface area contributed by atoms with Crippen molar-refractivity contribution in [3.63, 3.8) is 0 Å². The average molecular weight is 438 g/mol. The van der Waals surface area contributed by atoms with Crippen molar-refractivity contribution in [2.24, 2.45) is 11.8 Å². The Morgan fingerprint density at radius 1 is 0.684 bits per heavy atom. The van der Waals surface area contributed by atoms with Gasteiger partial charge in [-0.3, -0.25) is 0 Å². The minimum atomic E-state index is 0. The molecule has 0 heterocycles. The van der Waals surface area contributed by atoms with E-state index in [0.29, 0.717) is 15.8 Å². The van der Waals surface area contributed by atoms with E-state index in [-0.39, 0.29) is 34.0 Å². The quantitative estimate of drug-likeness (QED) is 0.317. The molecule has 0 bridgehead atoms. The Hall–Kier alpha value is 1.82. The van der Waals surface area contributed by atoms with Gasteiger partial charge < -0.3 is 0 Å². The molecule has 0 aromatic heterocycles. The first kappa shape index (κ1) is 25.8. The SMILES string of the molecule is Br.Br.CC(C)CCCP(C)CP(C)CCCC(C)C. The Balaban J connectivity index is -0.00000128. The molecule has 19 heavy (non-hydrogen) atoms. The van der Waals surface area contributed by atoms with Crippen LogP contribution in [0.4, 0.5) is 0 Å². The third-order valence-corrected chi connectivity index (χ3v) is 9.15. The van der Waals surface area contributed by atoms with Crippen molar-refractivity contribution in [3.8, 4) is 0 Å². The summed E-state index contributed by atoms with van der Waals surface area (Å²) in [6.07, 6.45) is 8.84. The van der Waals surface area contributed by atoms with Crippen molar-refractivity contribution >= 4 is 49.8 Å². The lowest BCUT2D eigenvalue weighted by Gasteiger charge is -2.19. The maximum Gasteiger partial charge on any atom is -0.0125 e. The fourth-order valence-corrected chi connectivity index (χ4v) is 7.97.